The van der Waals surface area contributed by atoms with Gasteiger partial charge in [-0.15, -0.1) is 0 Å². The maximum Gasteiger partial charge on any atom is 0.318 e. The van der Waals surface area contributed by atoms with Gasteiger partial charge in [0.05, 0.1) is 6.54 Å². The first-order valence-electron chi connectivity index (χ1n) is 6.99. The molecule has 0 radical (unpaired) electrons. The zero-order chi connectivity index (χ0) is 14.4. The van der Waals surface area contributed by atoms with Crippen LogP contribution in [0.2, 0.25) is 0 Å². The van der Waals surface area contributed by atoms with Crippen molar-refractivity contribution in [2.75, 3.05) is 19.6 Å². The van der Waals surface area contributed by atoms with Crippen molar-refractivity contribution in [3.63, 3.8) is 0 Å². The number of piperidine rings is 1. The van der Waals surface area contributed by atoms with E-state index in [9.17, 15) is 9.59 Å². The average Bonchev–Trinajstić information content (AvgIpc) is 2.41. The Morgan fingerprint density at radius 1 is 1.20 bits per heavy atom. The van der Waals surface area contributed by atoms with E-state index in [1.165, 1.54) is 5.56 Å². The lowest BCUT2D eigenvalue weighted by Gasteiger charge is -2.31. The molecule has 20 heavy (non-hydrogen) atoms. The number of hydrogen-bond donors (Lipinski definition) is 2. The quantitative estimate of drug-likeness (QED) is 0.865. The van der Waals surface area contributed by atoms with Crippen LogP contribution >= 0.6 is 0 Å². The predicted molar refractivity (Wildman–Crippen MR) is 77.0 cm³/mol. The fourth-order valence-electron chi connectivity index (χ4n) is 2.68. The first-order valence-corrected chi connectivity index (χ1v) is 6.99. The standard InChI is InChI=1S/C15H21N3O2/c16-15(20)17-14(19)11-18-8-6-13(7-9-18)10-12-4-2-1-3-5-12/h1-5,13H,6-11H2,(H3,16,17,19,20). The van der Waals surface area contributed by atoms with E-state index in [1.54, 1.807) is 0 Å². The zero-order valence-corrected chi connectivity index (χ0v) is 11.5. The average molecular weight is 275 g/mol. The molecule has 2 rings (SSSR count). The summed E-state index contributed by atoms with van der Waals surface area (Å²) < 4.78 is 0. The van der Waals surface area contributed by atoms with Crippen LogP contribution in [-0.2, 0) is 11.2 Å². The van der Waals surface area contributed by atoms with E-state index < -0.39 is 6.03 Å². The normalized spacial score (nSPS) is 16.8. The molecular formula is C15H21N3O2. The second kappa shape index (κ2) is 7.05. The number of urea groups is 1. The smallest absolute Gasteiger partial charge is 0.318 e. The van der Waals surface area contributed by atoms with Gasteiger partial charge >= 0.3 is 6.03 Å². The molecule has 1 aliphatic rings. The molecule has 0 aromatic heterocycles. The number of nitrogens with one attached hydrogen (secondary N) is 1. The Kier molecular flexibility index (Phi) is 5.12. The molecule has 0 spiro atoms. The Labute approximate surface area is 119 Å². The lowest BCUT2D eigenvalue weighted by Crippen LogP contribution is -2.44. The van der Waals surface area contributed by atoms with Crippen LogP contribution in [0.1, 0.15) is 18.4 Å². The number of rotatable bonds is 4. The van der Waals surface area contributed by atoms with E-state index in [0.717, 1.165) is 32.4 Å². The number of amides is 3. The topological polar surface area (TPSA) is 75.4 Å². The lowest BCUT2D eigenvalue weighted by atomic mass is 9.90. The molecule has 0 unspecified atom stereocenters. The van der Waals surface area contributed by atoms with Gasteiger partial charge in [-0.3, -0.25) is 15.0 Å². The second-order valence-electron chi connectivity index (χ2n) is 5.32. The maximum absolute atomic E-state index is 11.4. The second-order valence-corrected chi connectivity index (χ2v) is 5.32. The molecule has 1 aromatic carbocycles. The highest BCUT2D eigenvalue weighted by molar-refractivity contribution is 5.94. The summed E-state index contributed by atoms with van der Waals surface area (Å²) in [4.78, 5) is 24.1. The monoisotopic (exact) mass is 275 g/mol. The fraction of sp³-hybridized carbons (Fsp3) is 0.467. The van der Waals surface area contributed by atoms with Gasteiger partial charge in [0, 0.05) is 0 Å². The molecule has 1 fully saturated rings. The van der Waals surface area contributed by atoms with Crippen molar-refractivity contribution in [3.8, 4) is 0 Å². The van der Waals surface area contributed by atoms with Crippen LogP contribution in [-0.4, -0.2) is 36.5 Å². The van der Waals surface area contributed by atoms with Crippen molar-refractivity contribution in [2.45, 2.75) is 19.3 Å². The van der Waals surface area contributed by atoms with Gasteiger partial charge < -0.3 is 5.73 Å². The zero-order valence-electron chi connectivity index (χ0n) is 11.5. The number of nitrogens with two attached hydrogens (primary N) is 1. The Morgan fingerprint density at radius 3 is 2.45 bits per heavy atom. The van der Waals surface area contributed by atoms with Crippen LogP contribution in [0.4, 0.5) is 4.79 Å². The molecule has 1 aliphatic heterocycles. The highest BCUT2D eigenvalue weighted by Gasteiger charge is 2.21. The summed E-state index contributed by atoms with van der Waals surface area (Å²) in [5.74, 6) is 0.354. The third-order valence-corrected chi connectivity index (χ3v) is 3.70. The molecule has 0 bridgehead atoms. The molecule has 3 N–H and O–H groups in total. The van der Waals surface area contributed by atoms with Crippen LogP contribution in [0.15, 0.2) is 30.3 Å². The minimum atomic E-state index is -0.783. The van der Waals surface area contributed by atoms with Gasteiger partial charge in [-0.05, 0) is 43.8 Å². The Balaban J connectivity index is 1.72. The summed E-state index contributed by atoms with van der Waals surface area (Å²) in [6, 6.07) is 9.70. The number of hydrogen-bond acceptors (Lipinski definition) is 3. The van der Waals surface area contributed by atoms with Crippen LogP contribution < -0.4 is 11.1 Å². The van der Waals surface area contributed by atoms with Crippen molar-refractivity contribution in [1.29, 1.82) is 0 Å². The number of nitrogens with zero attached hydrogens (tertiary/aromatic N) is 1. The maximum atomic E-state index is 11.4. The van der Waals surface area contributed by atoms with E-state index in [4.69, 9.17) is 5.73 Å². The summed E-state index contributed by atoms with van der Waals surface area (Å²) in [6.07, 6.45) is 3.26. The van der Waals surface area contributed by atoms with Gasteiger partial charge in [-0.1, -0.05) is 30.3 Å². The number of imide groups is 1. The lowest BCUT2D eigenvalue weighted by molar-refractivity contribution is -0.121. The van der Waals surface area contributed by atoms with Crippen molar-refractivity contribution >= 4 is 11.9 Å². The third kappa shape index (κ3) is 4.66. The van der Waals surface area contributed by atoms with E-state index in [1.807, 2.05) is 6.07 Å². The number of primary amides is 1. The molecule has 1 saturated heterocycles. The summed E-state index contributed by atoms with van der Waals surface area (Å²) in [5, 5.41) is 2.10. The number of likely N-dealkylation sites (tertiary alicyclic amines) is 1. The van der Waals surface area contributed by atoms with Gasteiger partial charge in [0.1, 0.15) is 0 Å². The number of carbonyl (C=O) groups excluding carboxylic acids is 2. The van der Waals surface area contributed by atoms with Crippen molar-refractivity contribution in [1.82, 2.24) is 10.2 Å². The van der Waals surface area contributed by atoms with E-state index in [-0.39, 0.29) is 12.5 Å². The SMILES string of the molecule is NC(=O)NC(=O)CN1CCC(Cc2ccccc2)CC1. The number of carbonyl (C=O) groups is 2. The molecular weight excluding hydrogens is 254 g/mol. The summed E-state index contributed by atoms with van der Waals surface area (Å²) in [7, 11) is 0. The molecule has 1 heterocycles. The first-order chi connectivity index (χ1) is 9.63. The fourth-order valence-corrected chi connectivity index (χ4v) is 2.68. The van der Waals surface area contributed by atoms with Crippen LogP contribution in [0.5, 0.6) is 0 Å². The summed E-state index contributed by atoms with van der Waals surface area (Å²) >= 11 is 0. The molecule has 0 saturated carbocycles. The van der Waals surface area contributed by atoms with Crippen molar-refractivity contribution < 1.29 is 9.59 Å². The summed E-state index contributed by atoms with van der Waals surface area (Å²) in [6.45, 7) is 2.04. The first kappa shape index (κ1) is 14.5. The van der Waals surface area contributed by atoms with Gasteiger partial charge in [0.2, 0.25) is 5.91 Å². The highest BCUT2D eigenvalue weighted by atomic mass is 16.2. The van der Waals surface area contributed by atoms with Gasteiger partial charge in [0.15, 0.2) is 0 Å². The van der Waals surface area contributed by atoms with Crippen LogP contribution in [0.25, 0.3) is 0 Å². The van der Waals surface area contributed by atoms with Gasteiger partial charge in [-0.2, -0.15) is 0 Å². The molecule has 0 atom stereocenters. The van der Waals surface area contributed by atoms with E-state index in [0.29, 0.717) is 5.92 Å². The van der Waals surface area contributed by atoms with E-state index in [2.05, 4.69) is 34.5 Å². The molecule has 5 nitrogen and oxygen atoms in total. The van der Waals surface area contributed by atoms with E-state index >= 15 is 0 Å². The Bertz CT molecular complexity index is 453. The molecule has 3 amide bonds. The molecule has 108 valence electrons. The number of benzene rings is 1. The predicted octanol–water partition coefficient (Wildman–Crippen LogP) is 1.14. The molecule has 0 aliphatic carbocycles. The van der Waals surface area contributed by atoms with Crippen LogP contribution in [0, 0.1) is 5.92 Å². The summed E-state index contributed by atoms with van der Waals surface area (Å²) in [5.41, 5.74) is 6.29. The Morgan fingerprint density at radius 2 is 1.85 bits per heavy atom. The largest absolute Gasteiger partial charge is 0.351 e. The van der Waals surface area contributed by atoms with Gasteiger partial charge in [0.25, 0.3) is 0 Å². The Hall–Kier alpha value is -1.88. The van der Waals surface area contributed by atoms with Crippen molar-refractivity contribution in [3.05, 3.63) is 35.9 Å². The van der Waals surface area contributed by atoms with Crippen molar-refractivity contribution in [2.24, 2.45) is 11.7 Å². The highest BCUT2D eigenvalue weighted by Crippen LogP contribution is 2.21. The third-order valence-electron chi connectivity index (χ3n) is 3.70. The van der Waals surface area contributed by atoms with Gasteiger partial charge in [-0.25, -0.2) is 4.79 Å². The molecule has 5 heteroatoms. The minimum Gasteiger partial charge on any atom is -0.351 e. The van der Waals surface area contributed by atoms with Crippen LogP contribution in [0.3, 0.4) is 0 Å². The molecule has 1 aromatic rings. The minimum absolute atomic E-state index is 0.251.